The Morgan fingerprint density at radius 3 is 2.67 bits per heavy atom. The fourth-order valence-electron chi connectivity index (χ4n) is 4.46. The van der Waals surface area contributed by atoms with Crippen molar-refractivity contribution < 1.29 is 4.79 Å². The minimum Gasteiger partial charge on any atom is -0.303 e. The standard InChI is InChI=1S/C24H25N5O/c1-2-24(30)29-22-9-4-3-8-19(22)20-11-10-18(16-23(20)29)21-17-28(26-25-21)15-7-14-27-12-5-6-13-27/h2-4,8-11,16-17H,1,5-7,12-15H2. The van der Waals surface area contributed by atoms with Crippen LogP contribution in [0.4, 0.5) is 0 Å². The van der Waals surface area contributed by atoms with Crippen LogP contribution in [0, 0.1) is 0 Å². The number of carbonyl (C=O) groups is 1. The second-order valence-corrected chi connectivity index (χ2v) is 7.90. The first-order chi connectivity index (χ1) is 14.7. The van der Waals surface area contributed by atoms with Crippen molar-refractivity contribution >= 4 is 27.7 Å². The maximum Gasteiger partial charge on any atom is 0.254 e. The Hall–Kier alpha value is -3.25. The van der Waals surface area contributed by atoms with Crippen LogP contribution < -0.4 is 0 Å². The van der Waals surface area contributed by atoms with Crippen molar-refractivity contribution in [2.75, 3.05) is 19.6 Å². The van der Waals surface area contributed by atoms with E-state index in [9.17, 15) is 4.79 Å². The first kappa shape index (κ1) is 18.8. The van der Waals surface area contributed by atoms with Crippen LogP contribution in [-0.2, 0) is 6.54 Å². The molecule has 1 aliphatic heterocycles. The van der Waals surface area contributed by atoms with Crippen LogP contribution in [0.25, 0.3) is 33.1 Å². The van der Waals surface area contributed by atoms with Crippen LogP contribution in [0.15, 0.2) is 61.3 Å². The lowest BCUT2D eigenvalue weighted by Crippen LogP contribution is -2.21. The van der Waals surface area contributed by atoms with E-state index in [1.54, 1.807) is 4.57 Å². The third kappa shape index (κ3) is 3.33. The third-order valence-electron chi connectivity index (χ3n) is 5.96. The number of carbonyl (C=O) groups excluding carboxylic acids is 1. The summed E-state index contributed by atoms with van der Waals surface area (Å²) in [6.45, 7) is 8.09. The van der Waals surface area contributed by atoms with Crippen molar-refractivity contribution in [3.05, 3.63) is 61.3 Å². The molecule has 0 N–H and O–H groups in total. The van der Waals surface area contributed by atoms with Crippen molar-refractivity contribution in [1.29, 1.82) is 0 Å². The smallest absolute Gasteiger partial charge is 0.254 e. The molecule has 0 unspecified atom stereocenters. The maximum absolute atomic E-state index is 12.6. The van der Waals surface area contributed by atoms with Crippen molar-refractivity contribution in [2.45, 2.75) is 25.8 Å². The van der Waals surface area contributed by atoms with Gasteiger partial charge in [-0.15, -0.1) is 5.10 Å². The molecule has 4 aromatic rings. The van der Waals surface area contributed by atoms with Gasteiger partial charge in [-0.1, -0.05) is 42.1 Å². The molecular formula is C24H25N5O. The molecule has 1 aliphatic rings. The number of hydrogen-bond acceptors (Lipinski definition) is 4. The van der Waals surface area contributed by atoms with Crippen LogP contribution in [0.1, 0.15) is 24.1 Å². The Morgan fingerprint density at radius 1 is 1.03 bits per heavy atom. The van der Waals surface area contributed by atoms with Gasteiger partial charge in [0.05, 0.1) is 17.2 Å². The molecule has 0 amide bonds. The lowest BCUT2D eigenvalue weighted by Gasteiger charge is -2.13. The molecule has 0 saturated carbocycles. The van der Waals surface area contributed by atoms with E-state index in [1.807, 2.05) is 41.2 Å². The fraction of sp³-hybridized carbons (Fsp3) is 0.292. The molecule has 5 rings (SSSR count). The largest absolute Gasteiger partial charge is 0.303 e. The number of benzene rings is 2. The van der Waals surface area contributed by atoms with Crippen LogP contribution in [0.3, 0.4) is 0 Å². The van der Waals surface area contributed by atoms with Gasteiger partial charge in [0.2, 0.25) is 0 Å². The quantitative estimate of drug-likeness (QED) is 0.452. The molecular weight excluding hydrogens is 374 g/mol. The van der Waals surface area contributed by atoms with Gasteiger partial charge in [0.25, 0.3) is 5.91 Å². The molecule has 2 aromatic heterocycles. The highest BCUT2D eigenvalue weighted by atomic mass is 16.1. The summed E-state index contributed by atoms with van der Waals surface area (Å²) in [5.41, 5.74) is 3.53. The van der Waals surface area contributed by atoms with Crippen molar-refractivity contribution in [3.8, 4) is 11.3 Å². The normalized spacial score (nSPS) is 14.7. The number of aryl methyl sites for hydroxylation is 1. The van der Waals surface area contributed by atoms with Gasteiger partial charge in [0, 0.05) is 22.9 Å². The molecule has 0 atom stereocenters. The molecule has 0 bridgehead atoms. The first-order valence-corrected chi connectivity index (χ1v) is 10.6. The summed E-state index contributed by atoms with van der Waals surface area (Å²) < 4.78 is 3.64. The predicted molar refractivity (Wildman–Crippen MR) is 120 cm³/mol. The fourth-order valence-corrected chi connectivity index (χ4v) is 4.46. The number of nitrogens with zero attached hydrogens (tertiary/aromatic N) is 5. The van der Waals surface area contributed by atoms with E-state index in [0.717, 1.165) is 52.6 Å². The average Bonchev–Trinajstić information content (AvgIpc) is 3.52. The SMILES string of the molecule is C=CC(=O)n1c2ccccc2c2ccc(-c3cn(CCCN4CCCC4)nn3)cc21. The van der Waals surface area contributed by atoms with Crippen molar-refractivity contribution in [1.82, 2.24) is 24.5 Å². The van der Waals surface area contributed by atoms with Gasteiger partial charge in [-0.05, 0) is 57.1 Å². The first-order valence-electron chi connectivity index (χ1n) is 10.6. The van der Waals surface area contributed by atoms with E-state index in [0.29, 0.717) is 0 Å². The van der Waals surface area contributed by atoms with Gasteiger partial charge in [-0.25, -0.2) is 0 Å². The average molecular weight is 399 g/mol. The van der Waals surface area contributed by atoms with Gasteiger partial charge in [0.15, 0.2) is 0 Å². The highest BCUT2D eigenvalue weighted by Gasteiger charge is 2.16. The zero-order valence-corrected chi connectivity index (χ0v) is 17.0. The lowest BCUT2D eigenvalue weighted by molar-refractivity contribution is 0.0978. The van der Waals surface area contributed by atoms with Gasteiger partial charge >= 0.3 is 0 Å². The minimum absolute atomic E-state index is 0.135. The number of rotatable bonds is 6. The zero-order valence-electron chi connectivity index (χ0n) is 17.0. The highest BCUT2D eigenvalue weighted by molar-refractivity contribution is 6.15. The van der Waals surface area contributed by atoms with Gasteiger partial charge in [-0.2, -0.15) is 0 Å². The summed E-state index contributed by atoms with van der Waals surface area (Å²) in [6.07, 6.45) is 7.06. The van der Waals surface area contributed by atoms with Crippen LogP contribution in [0.5, 0.6) is 0 Å². The monoisotopic (exact) mass is 399 g/mol. The summed E-state index contributed by atoms with van der Waals surface area (Å²) in [6, 6.07) is 14.1. The van der Waals surface area contributed by atoms with E-state index in [1.165, 1.54) is 32.0 Å². The van der Waals surface area contributed by atoms with E-state index in [2.05, 4.69) is 33.9 Å². The maximum atomic E-state index is 12.6. The lowest BCUT2D eigenvalue weighted by atomic mass is 10.1. The number of para-hydroxylation sites is 1. The molecule has 2 aromatic carbocycles. The van der Waals surface area contributed by atoms with Crippen LogP contribution in [-0.4, -0.2) is 50.0 Å². The molecule has 3 heterocycles. The number of allylic oxidation sites excluding steroid dienone is 1. The van der Waals surface area contributed by atoms with Crippen LogP contribution in [0.2, 0.25) is 0 Å². The molecule has 152 valence electrons. The zero-order chi connectivity index (χ0) is 20.5. The molecule has 30 heavy (non-hydrogen) atoms. The Balaban J connectivity index is 1.45. The summed E-state index contributed by atoms with van der Waals surface area (Å²) >= 11 is 0. The minimum atomic E-state index is -0.135. The van der Waals surface area contributed by atoms with Gasteiger partial charge < -0.3 is 4.90 Å². The molecule has 1 saturated heterocycles. The molecule has 0 spiro atoms. The summed E-state index contributed by atoms with van der Waals surface area (Å²) in [4.78, 5) is 15.1. The Kier molecular flexibility index (Phi) is 4.93. The number of likely N-dealkylation sites (tertiary alicyclic amines) is 1. The van der Waals surface area contributed by atoms with Crippen LogP contribution >= 0.6 is 0 Å². The highest BCUT2D eigenvalue weighted by Crippen LogP contribution is 2.32. The van der Waals surface area contributed by atoms with E-state index in [-0.39, 0.29) is 5.91 Å². The Morgan fingerprint density at radius 2 is 1.83 bits per heavy atom. The molecule has 0 aliphatic carbocycles. The van der Waals surface area contributed by atoms with E-state index in [4.69, 9.17) is 0 Å². The van der Waals surface area contributed by atoms with Crippen molar-refractivity contribution in [2.24, 2.45) is 0 Å². The summed E-state index contributed by atoms with van der Waals surface area (Å²) in [5.74, 6) is -0.135. The molecule has 6 nitrogen and oxygen atoms in total. The Labute approximate surface area is 175 Å². The predicted octanol–water partition coefficient (Wildman–Crippen LogP) is 4.37. The molecule has 6 heteroatoms. The summed E-state index contributed by atoms with van der Waals surface area (Å²) in [5, 5.41) is 10.8. The Bertz CT molecular complexity index is 1230. The van der Waals surface area contributed by atoms with Gasteiger partial charge in [-0.3, -0.25) is 14.0 Å². The second-order valence-electron chi connectivity index (χ2n) is 7.90. The van der Waals surface area contributed by atoms with Crippen molar-refractivity contribution in [3.63, 3.8) is 0 Å². The summed E-state index contributed by atoms with van der Waals surface area (Å²) in [7, 11) is 0. The molecule has 0 radical (unpaired) electrons. The number of aromatic nitrogens is 4. The van der Waals surface area contributed by atoms with Gasteiger partial charge in [0.1, 0.15) is 5.69 Å². The van der Waals surface area contributed by atoms with E-state index < -0.39 is 0 Å². The second kappa shape index (κ2) is 7.88. The third-order valence-corrected chi connectivity index (χ3v) is 5.96. The topological polar surface area (TPSA) is 56.0 Å². The number of fused-ring (bicyclic) bond motifs is 3. The van der Waals surface area contributed by atoms with E-state index >= 15 is 0 Å². The number of hydrogen-bond donors (Lipinski definition) is 0. The molecule has 1 fully saturated rings.